The molecule has 1 nitrogen and oxygen atoms in total. The van der Waals surface area contributed by atoms with Crippen LogP contribution in [0.5, 0.6) is 0 Å². The van der Waals surface area contributed by atoms with Crippen molar-refractivity contribution in [2.75, 3.05) is 0 Å². The highest BCUT2D eigenvalue weighted by Gasteiger charge is 2.39. The van der Waals surface area contributed by atoms with Crippen LogP contribution in [0.25, 0.3) is 10.9 Å². The standard InChI is InChI=1S/C16H18BrN/c17-15-3-4-16-13(9-15)5-6-18(16)10-14-8-11-1-2-12(14)7-11/h3-6,9,11-12,14H,1-2,7-8,10H2. The van der Waals surface area contributed by atoms with Crippen LogP contribution in [-0.2, 0) is 6.54 Å². The maximum absolute atomic E-state index is 3.55. The second kappa shape index (κ2) is 4.12. The van der Waals surface area contributed by atoms with Crippen molar-refractivity contribution < 1.29 is 0 Å². The highest BCUT2D eigenvalue weighted by molar-refractivity contribution is 9.10. The van der Waals surface area contributed by atoms with Gasteiger partial charge in [0.25, 0.3) is 0 Å². The average molecular weight is 304 g/mol. The maximum Gasteiger partial charge on any atom is 0.0481 e. The molecule has 1 aromatic heterocycles. The van der Waals surface area contributed by atoms with Crippen LogP contribution in [0.2, 0.25) is 0 Å². The Balaban J connectivity index is 1.63. The molecule has 0 spiro atoms. The summed E-state index contributed by atoms with van der Waals surface area (Å²) in [5.41, 5.74) is 1.39. The first-order valence-electron chi connectivity index (χ1n) is 7.04. The van der Waals surface area contributed by atoms with E-state index < -0.39 is 0 Å². The van der Waals surface area contributed by atoms with Crippen LogP contribution in [0, 0.1) is 17.8 Å². The minimum atomic E-state index is 0.933. The zero-order valence-corrected chi connectivity index (χ0v) is 12.1. The molecule has 2 heteroatoms. The lowest BCUT2D eigenvalue weighted by Crippen LogP contribution is -2.16. The van der Waals surface area contributed by atoms with E-state index in [1.54, 1.807) is 0 Å². The van der Waals surface area contributed by atoms with Crippen LogP contribution in [0.3, 0.4) is 0 Å². The van der Waals surface area contributed by atoms with Crippen LogP contribution in [0.15, 0.2) is 34.9 Å². The molecule has 1 heterocycles. The molecule has 0 amide bonds. The summed E-state index contributed by atoms with van der Waals surface area (Å²) in [6, 6.07) is 8.85. The first kappa shape index (κ1) is 11.1. The normalized spacial score (nSPS) is 30.4. The monoisotopic (exact) mass is 303 g/mol. The number of nitrogens with zero attached hydrogens (tertiary/aromatic N) is 1. The molecule has 2 aromatic rings. The summed E-state index contributed by atoms with van der Waals surface area (Å²) in [5, 5.41) is 1.35. The van der Waals surface area contributed by atoms with Gasteiger partial charge in [-0.2, -0.15) is 0 Å². The molecule has 3 unspecified atom stereocenters. The molecule has 3 atom stereocenters. The lowest BCUT2D eigenvalue weighted by molar-refractivity contribution is 0.299. The lowest BCUT2D eigenvalue weighted by Gasteiger charge is -2.22. The van der Waals surface area contributed by atoms with Crippen LogP contribution in [0.4, 0.5) is 0 Å². The van der Waals surface area contributed by atoms with Gasteiger partial charge in [0.2, 0.25) is 0 Å². The zero-order valence-electron chi connectivity index (χ0n) is 10.5. The van der Waals surface area contributed by atoms with Crippen molar-refractivity contribution in [2.45, 2.75) is 32.2 Å². The minimum Gasteiger partial charge on any atom is -0.347 e. The van der Waals surface area contributed by atoms with Gasteiger partial charge in [0.05, 0.1) is 0 Å². The molecule has 4 rings (SSSR count). The number of hydrogen-bond donors (Lipinski definition) is 0. The van der Waals surface area contributed by atoms with E-state index in [4.69, 9.17) is 0 Å². The van der Waals surface area contributed by atoms with Gasteiger partial charge in [-0.3, -0.25) is 0 Å². The van der Waals surface area contributed by atoms with Crippen molar-refractivity contribution in [3.63, 3.8) is 0 Å². The Morgan fingerprint density at radius 3 is 2.89 bits per heavy atom. The number of rotatable bonds is 2. The summed E-state index contributed by atoms with van der Waals surface area (Å²) < 4.78 is 3.64. The van der Waals surface area contributed by atoms with Gasteiger partial charge in [0.15, 0.2) is 0 Å². The van der Waals surface area contributed by atoms with Crippen LogP contribution < -0.4 is 0 Å². The summed E-state index contributed by atoms with van der Waals surface area (Å²) in [6.07, 6.45) is 8.24. The predicted octanol–water partition coefficient (Wildman–Crippen LogP) is 4.84. The Kier molecular flexibility index (Phi) is 2.54. The van der Waals surface area contributed by atoms with E-state index in [1.165, 1.54) is 47.6 Å². The predicted molar refractivity (Wildman–Crippen MR) is 78.6 cm³/mol. The SMILES string of the molecule is Brc1ccc2c(ccn2CC2CC3CCC2C3)c1. The van der Waals surface area contributed by atoms with Crippen molar-refractivity contribution in [3.8, 4) is 0 Å². The average Bonchev–Trinajstić information content (AvgIpc) is 3.04. The van der Waals surface area contributed by atoms with E-state index in [9.17, 15) is 0 Å². The molecule has 94 valence electrons. The summed E-state index contributed by atoms with van der Waals surface area (Å²) >= 11 is 3.55. The molecule has 0 saturated heterocycles. The van der Waals surface area contributed by atoms with Gasteiger partial charge >= 0.3 is 0 Å². The van der Waals surface area contributed by atoms with Crippen molar-refractivity contribution in [1.29, 1.82) is 0 Å². The van der Waals surface area contributed by atoms with E-state index in [1.807, 2.05) is 0 Å². The Hall–Kier alpha value is -0.760. The van der Waals surface area contributed by atoms with Crippen LogP contribution in [-0.4, -0.2) is 4.57 Å². The fraction of sp³-hybridized carbons (Fsp3) is 0.500. The molecule has 2 aliphatic rings. The van der Waals surface area contributed by atoms with E-state index in [2.05, 4.69) is 51.0 Å². The van der Waals surface area contributed by atoms with Gasteiger partial charge in [-0.1, -0.05) is 22.4 Å². The van der Waals surface area contributed by atoms with E-state index in [0.29, 0.717) is 0 Å². The van der Waals surface area contributed by atoms with Gasteiger partial charge in [-0.05, 0) is 61.3 Å². The third-order valence-electron chi connectivity index (χ3n) is 5.05. The number of benzene rings is 1. The fourth-order valence-corrected chi connectivity index (χ4v) is 4.56. The maximum atomic E-state index is 3.55. The van der Waals surface area contributed by atoms with E-state index in [0.717, 1.165) is 17.8 Å². The van der Waals surface area contributed by atoms with Crippen molar-refractivity contribution >= 4 is 26.8 Å². The van der Waals surface area contributed by atoms with Gasteiger partial charge < -0.3 is 4.57 Å². The molecule has 2 saturated carbocycles. The number of halogens is 1. The third-order valence-corrected chi connectivity index (χ3v) is 5.54. The second-order valence-electron chi connectivity index (χ2n) is 6.11. The van der Waals surface area contributed by atoms with Gasteiger partial charge in [0, 0.05) is 28.1 Å². The van der Waals surface area contributed by atoms with E-state index in [-0.39, 0.29) is 0 Å². The van der Waals surface area contributed by atoms with Crippen LogP contribution in [0.1, 0.15) is 25.7 Å². The largest absolute Gasteiger partial charge is 0.347 e. The molecular weight excluding hydrogens is 286 g/mol. The Labute approximate surface area is 116 Å². The Bertz CT molecular complexity index is 586. The number of hydrogen-bond acceptors (Lipinski definition) is 0. The smallest absolute Gasteiger partial charge is 0.0481 e. The molecular formula is C16H18BrN. The topological polar surface area (TPSA) is 4.93 Å². The van der Waals surface area contributed by atoms with Gasteiger partial charge in [0.1, 0.15) is 0 Å². The molecule has 2 bridgehead atoms. The molecule has 1 aromatic carbocycles. The summed E-state index contributed by atoms with van der Waals surface area (Å²) in [6.45, 7) is 1.23. The third kappa shape index (κ3) is 1.73. The number of fused-ring (bicyclic) bond motifs is 3. The second-order valence-corrected chi connectivity index (χ2v) is 7.02. The van der Waals surface area contributed by atoms with Gasteiger partial charge in [-0.25, -0.2) is 0 Å². The molecule has 18 heavy (non-hydrogen) atoms. The van der Waals surface area contributed by atoms with Crippen LogP contribution >= 0.6 is 15.9 Å². The summed E-state index contributed by atoms with van der Waals surface area (Å²) in [5.74, 6) is 3.00. The zero-order chi connectivity index (χ0) is 12.1. The highest BCUT2D eigenvalue weighted by Crippen LogP contribution is 2.49. The molecule has 2 aliphatic carbocycles. The summed E-state index contributed by atoms with van der Waals surface area (Å²) in [4.78, 5) is 0. The molecule has 2 fully saturated rings. The lowest BCUT2D eigenvalue weighted by atomic mass is 9.89. The molecule has 0 N–H and O–H groups in total. The first-order chi connectivity index (χ1) is 8.79. The van der Waals surface area contributed by atoms with Crippen molar-refractivity contribution in [3.05, 3.63) is 34.9 Å². The number of aromatic nitrogens is 1. The fourth-order valence-electron chi connectivity index (χ4n) is 4.18. The summed E-state index contributed by atoms with van der Waals surface area (Å²) in [7, 11) is 0. The first-order valence-corrected chi connectivity index (χ1v) is 7.83. The quantitative estimate of drug-likeness (QED) is 0.748. The van der Waals surface area contributed by atoms with Crippen molar-refractivity contribution in [2.24, 2.45) is 17.8 Å². The molecule has 0 radical (unpaired) electrons. The molecule has 0 aliphatic heterocycles. The Morgan fingerprint density at radius 2 is 2.11 bits per heavy atom. The van der Waals surface area contributed by atoms with E-state index >= 15 is 0 Å². The Morgan fingerprint density at radius 1 is 1.17 bits per heavy atom. The minimum absolute atomic E-state index is 0.933. The highest BCUT2D eigenvalue weighted by atomic mass is 79.9. The van der Waals surface area contributed by atoms with Crippen molar-refractivity contribution in [1.82, 2.24) is 4.57 Å². The van der Waals surface area contributed by atoms with Gasteiger partial charge in [-0.15, -0.1) is 0 Å².